The first-order valence-electron chi connectivity index (χ1n) is 9.33. The van der Waals surface area contributed by atoms with Gasteiger partial charge >= 0.3 is 88.7 Å². The van der Waals surface area contributed by atoms with Gasteiger partial charge < -0.3 is 9.39 Å². The van der Waals surface area contributed by atoms with Gasteiger partial charge in [0.15, 0.2) is 0 Å². The Kier molecular flexibility index (Phi) is 12.2. The van der Waals surface area contributed by atoms with E-state index < -0.39 is 51.6 Å². The van der Waals surface area contributed by atoms with Gasteiger partial charge in [-0.2, -0.15) is 25.3 Å². The molecule has 0 saturated heterocycles. The summed E-state index contributed by atoms with van der Waals surface area (Å²) < 4.78 is 99.0. The van der Waals surface area contributed by atoms with E-state index in [0.717, 1.165) is 24.3 Å². The third-order valence-electron chi connectivity index (χ3n) is 4.98. The summed E-state index contributed by atoms with van der Waals surface area (Å²) in [7, 11) is -14.5. The molecule has 4 aromatic carbocycles. The minimum absolute atomic E-state index is 0. The summed E-state index contributed by atoms with van der Waals surface area (Å²) in [5.74, 6) is -0.579. The van der Waals surface area contributed by atoms with Gasteiger partial charge in [0.25, 0.3) is 30.4 Å². The molecule has 0 unspecified atom stereocenters. The Morgan fingerprint density at radius 2 is 1.21 bits per heavy atom. The Labute approximate surface area is 288 Å². The number of hydrogen-bond donors (Lipinski definition) is 4. The molecule has 0 heterocycles. The third kappa shape index (κ3) is 7.43. The quantitative estimate of drug-likeness (QED) is 0.0963. The van der Waals surface area contributed by atoms with Crippen molar-refractivity contribution in [3.05, 3.63) is 60.7 Å². The first kappa shape index (κ1) is 35.6. The second-order valence-electron chi connectivity index (χ2n) is 7.21. The van der Waals surface area contributed by atoms with Crippen molar-refractivity contribution in [3.63, 3.8) is 0 Å². The van der Waals surface area contributed by atoms with Gasteiger partial charge in [-0.1, -0.05) is 30.3 Å². The van der Waals surface area contributed by atoms with Crippen LogP contribution in [0.15, 0.2) is 85.6 Å². The average Bonchev–Trinajstić information content (AvgIpc) is 2.75. The number of hydrogen-bond acceptors (Lipinski definition) is 9. The second-order valence-corrected chi connectivity index (χ2v) is 11.4. The Hall–Kier alpha value is -0.470. The maximum absolute atomic E-state index is 12.0. The fourth-order valence-corrected chi connectivity index (χ4v) is 5.56. The maximum atomic E-state index is 12.0. The predicted octanol–water partition coefficient (Wildman–Crippen LogP) is -4.80. The van der Waals surface area contributed by atoms with E-state index in [4.69, 9.17) is 0 Å². The molecule has 4 rings (SSSR count). The van der Waals surface area contributed by atoms with Crippen LogP contribution < -0.4 is 88.7 Å². The summed E-state index contributed by atoms with van der Waals surface area (Å²) in [6, 6.07) is 11.9. The molecular weight excluding hydrogens is 593 g/mol. The van der Waals surface area contributed by atoms with Gasteiger partial charge in [0.2, 0.25) is 0 Å². The smallest absolute Gasteiger partial charge is 1.00 e. The van der Waals surface area contributed by atoms with Crippen molar-refractivity contribution in [2.45, 2.75) is 14.7 Å². The molecule has 38 heavy (non-hydrogen) atoms. The van der Waals surface area contributed by atoms with E-state index in [2.05, 4.69) is 10.2 Å². The minimum atomic E-state index is -5.07. The van der Waals surface area contributed by atoms with Crippen LogP contribution in [0.4, 0.5) is 11.4 Å². The fraction of sp³-hybridized carbons (Fsp3) is 0. The van der Waals surface area contributed by atoms with E-state index in [1.54, 1.807) is 6.07 Å². The number of benzene rings is 4. The molecule has 0 fully saturated rings. The first-order chi connectivity index (χ1) is 16.2. The number of phenols is 1. The zero-order chi connectivity index (χ0) is 25.8. The van der Waals surface area contributed by atoms with Crippen LogP contribution in [0.5, 0.6) is 5.75 Å². The summed E-state index contributed by atoms with van der Waals surface area (Å²) in [6.45, 7) is 0. The van der Waals surface area contributed by atoms with Gasteiger partial charge in [-0.05, 0) is 35.7 Å². The SMILES string of the molecule is O=S(=O)(O)c1cc(S(=O)(=O)O)c2c(N=Nc3ccc(S(=O)(=O)O)c4ccccc34)c(O)ccc2c1.[H-].[H-].[H-].[Na+].[Na+].[Na+]. The van der Waals surface area contributed by atoms with E-state index in [-0.39, 0.29) is 125 Å². The summed E-state index contributed by atoms with van der Waals surface area (Å²) in [5, 5.41) is 18.1. The van der Waals surface area contributed by atoms with Crippen molar-refractivity contribution in [2.75, 3.05) is 0 Å². The minimum Gasteiger partial charge on any atom is -1.00 e. The van der Waals surface area contributed by atoms with E-state index in [9.17, 15) is 44.0 Å². The van der Waals surface area contributed by atoms with Crippen LogP contribution in [0, 0.1) is 0 Å². The molecule has 18 heteroatoms. The Morgan fingerprint density at radius 3 is 1.76 bits per heavy atom. The fourth-order valence-electron chi connectivity index (χ4n) is 3.50. The van der Waals surface area contributed by atoms with Crippen LogP contribution in [0.3, 0.4) is 0 Å². The zero-order valence-corrected chi connectivity index (χ0v) is 28.6. The molecule has 0 saturated carbocycles. The number of phenolic OH excluding ortho intramolecular Hbond substituents is 1. The molecule has 4 N–H and O–H groups in total. The Balaban J connectivity index is -0.00000241. The maximum Gasteiger partial charge on any atom is 1.00 e. The summed E-state index contributed by atoms with van der Waals surface area (Å²) >= 11 is 0. The van der Waals surface area contributed by atoms with Crippen LogP contribution in [0.2, 0.25) is 0 Å². The topological polar surface area (TPSA) is 208 Å². The molecule has 0 amide bonds. The van der Waals surface area contributed by atoms with Gasteiger partial charge in [0.1, 0.15) is 21.2 Å². The number of fused-ring (bicyclic) bond motifs is 2. The molecule has 0 radical (unpaired) electrons. The van der Waals surface area contributed by atoms with Gasteiger partial charge in [0.05, 0.1) is 10.6 Å². The third-order valence-corrected chi connectivity index (χ3v) is 7.60. The van der Waals surface area contributed by atoms with Crippen molar-refractivity contribution in [3.8, 4) is 5.75 Å². The molecule has 0 aromatic heterocycles. The molecular formula is C20H17N2Na3O10S3. The van der Waals surface area contributed by atoms with Crippen LogP contribution in [0.1, 0.15) is 4.28 Å². The van der Waals surface area contributed by atoms with Crippen molar-refractivity contribution in [1.82, 2.24) is 0 Å². The van der Waals surface area contributed by atoms with E-state index >= 15 is 0 Å². The van der Waals surface area contributed by atoms with Crippen molar-refractivity contribution in [2.24, 2.45) is 10.2 Å². The van der Waals surface area contributed by atoms with E-state index in [1.807, 2.05) is 0 Å². The van der Waals surface area contributed by atoms with Crippen LogP contribution in [-0.4, -0.2) is 44.0 Å². The molecule has 0 aliphatic heterocycles. The van der Waals surface area contributed by atoms with Crippen LogP contribution >= 0.6 is 0 Å². The molecule has 0 spiro atoms. The van der Waals surface area contributed by atoms with Crippen LogP contribution in [0.25, 0.3) is 21.5 Å². The average molecular weight is 611 g/mol. The van der Waals surface area contributed by atoms with Gasteiger partial charge in [-0.3, -0.25) is 13.7 Å². The van der Waals surface area contributed by atoms with E-state index in [0.29, 0.717) is 6.07 Å². The first-order valence-corrected chi connectivity index (χ1v) is 13.7. The number of rotatable bonds is 5. The molecule has 0 aliphatic carbocycles. The van der Waals surface area contributed by atoms with Gasteiger partial charge in [-0.25, -0.2) is 0 Å². The second kappa shape index (κ2) is 13.0. The summed E-state index contributed by atoms with van der Waals surface area (Å²) in [6.07, 6.45) is 0. The van der Waals surface area contributed by atoms with Gasteiger partial charge in [0, 0.05) is 16.2 Å². The zero-order valence-electron chi connectivity index (χ0n) is 23.1. The number of azo groups is 1. The van der Waals surface area contributed by atoms with E-state index in [1.165, 1.54) is 24.3 Å². The molecule has 12 nitrogen and oxygen atoms in total. The normalized spacial score (nSPS) is 12.1. The summed E-state index contributed by atoms with van der Waals surface area (Å²) in [4.78, 5) is -2.16. The van der Waals surface area contributed by atoms with Crippen molar-refractivity contribution >= 4 is 63.3 Å². The summed E-state index contributed by atoms with van der Waals surface area (Å²) in [5.41, 5.74) is -0.382. The monoisotopic (exact) mass is 610 g/mol. The number of nitrogens with zero attached hydrogens (tertiary/aromatic N) is 2. The van der Waals surface area contributed by atoms with Crippen molar-refractivity contribution in [1.29, 1.82) is 0 Å². The molecule has 188 valence electrons. The Morgan fingerprint density at radius 1 is 0.632 bits per heavy atom. The van der Waals surface area contributed by atoms with Crippen molar-refractivity contribution < 1.29 is 137 Å². The van der Waals surface area contributed by atoms with Crippen LogP contribution in [-0.2, 0) is 30.4 Å². The Bertz CT molecular complexity index is 1910. The standard InChI is InChI=1S/C20H14N2O10S3.3Na.3H/c23-16-7-5-11-9-12(33(24,25)26)10-18(35(30,31)32)19(11)20(16)22-21-15-6-8-17(34(27,28)29)14-4-2-1-3-13(14)15;;;;;;/h1-10,23H,(H,24,25,26)(H,27,28,29)(H,30,31,32);;;;;;/q;3*+1;3*-1. The molecule has 4 aromatic rings. The predicted molar refractivity (Wildman–Crippen MR) is 127 cm³/mol. The molecule has 0 aliphatic rings. The number of aromatic hydroxyl groups is 1. The molecule has 0 atom stereocenters. The molecule has 0 bridgehead atoms. The van der Waals surface area contributed by atoms with Gasteiger partial charge in [-0.15, -0.1) is 10.2 Å². The largest absolute Gasteiger partial charge is 1.00 e.